The van der Waals surface area contributed by atoms with Crippen LogP contribution in [-0.4, -0.2) is 46.8 Å². The summed E-state index contributed by atoms with van der Waals surface area (Å²) in [5, 5.41) is 8.58. The molecule has 1 unspecified atom stereocenters. The van der Waals surface area contributed by atoms with Crippen LogP contribution < -0.4 is 5.73 Å². The zero-order valence-corrected chi connectivity index (χ0v) is 9.44. The number of halogens is 3. The van der Waals surface area contributed by atoms with Gasteiger partial charge in [-0.3, -0.25) is 4.79 Å². The van der Waals surface area contributed by atoms with E-state index in [4.69, 9.17) is 10.8 Å². The molecule has 8 heteroatoms. The minimum absolute atomic E-state index is 0.171. The standard InChI is InChI=1S/C8H13F3N2O2S/c1-5(6(12)16)7(15)13(2-3-14)4-8(9,10)11/h5,14H,2-4H2,1H3,(H2,12,16). The fourth-order valence-electron chi connectivity index (χ4n) is 1.000. The number of hydrogen-bond donors (Lipinski definition) is 2. The summed E-state index contributed by atoms with van der Waals surface area (Å²) in [5.74, 6) is -1.80. The van der Waals surface area contributed by atoms with E-state index in [-0.39, 0.29) is 4.99 Å². The lowest BCUT2D eigenvalue weighted by molar-refractivity contribution is -0.163. The molecule has 1 amide bonds. The Kier molecular flexibility index (Phi) is 5.66. The van der Waals surface area contributed by atoms with Gasteiger partial charge in [0.25, 0.3) is 0 Å². The molecule has 0 spiro atoms. The fraction of sp³-hybridized carbons (Fsp3) is 0.750. The summed E-state index contributed by atoms with van der Waals surface area (Å²) >= 11 is 4.53. The van der Waals surface area contributed by atoms with Gasteiger partial charge in [-0.15, -0.1) is 0 Å². The van der Waals surface area contributed by atoms with Gasteiger partial charge in [0, 0.05) is 6.54 Å². The lowest BCUT2D eigenvalue weighted by atomic mass is 10.1. The molecule has 0 rings (SSSR count). The van der Waals surface area contributed by atoms with Crippen LogP contribution in [0.25, 0.3) is 0 Å². The maximum atomic E-state index is 12.1. The van der Waals surface area contributed by atoms with Crippen LogP contribution in [0, 0.1) is 5.92 Å². The first kappa shape index (κ1) is 15.1. The average Bonchev–Trinajstić information content (AvgIpc) is 2.12. The molecule has 3 N–H and O–H groups in total. The van der Waals surface area contributed by atoms with Gasteiger partial charge >= 0.3 is 6.18 Å². The van der Waals surface area contributed by atoms with Gasteiger partial charge in [0.15, 0.2) is 0 Å². The molecule has 0 aliphatic carbocycles. The molecule has 0 aromatic heterocycles. The predicted molar refractivity (Wildman–Crippen MR) is 55.7 cm³/mol. The van der Waals surface area contributed by atoms with Crippen LogP contribution in [-0.2, 0) is 4.79 Å². The number of hydrogen-bond acceptors (Lipinski definition) is 3. The van der Waals surface area contributed by atoms with Crippen molar-refractivity contribution in [3.63, 3.8) is 0 Å². The predicted octanol–water partition coefficient (Wildman–Crippen LogP) is 0.292. The van der Waals surface area contributed by atoms with Crippen molar-refractivity contribution in [1.29, 1.82) is 0 Å². The maximum Gasteiger partial charge on any atom is 0.406 e. The van der Waals surface area contributed by atoms with Crippen LogP contribution in [0.1, 0.15) is 6.92 Å². The Morgan fingerprint density at radius 2 is 2.06 bits per heavy atom. The number of thiocarbonyl (C=S) groups is 1. The molecule has 4 nitrogen and oxygen atoms in total. The Labute approximate surface area is 96.2 Å². The summed E-state index contributed by atoms with van der Waals surface area (Å²) in [6.45, 7) is -1.04. The van der Waals surface area contributed by atoms with Crippen molar-refractivity contribution in [3.05, 3.63) is 0 Å². The molecule has 16 heavy (non-hydrogen) atoms. The van der Waals surface area contributed by atoms with Gasteiger partial charge in [-0.25, -0.2) is 0 Å². The highest BCUT2D eigenvalue weighted by Crippen LogP contribution is 2.17. The van der Waals surface area contributed by atoms with Crippen LogP contribution in [0.5, 0.6) is 0 Å². The van der Waals surface area contributed by atoms with Crippen molar-refractivity contribution in [1.82, 2.24) is 4.90 Å². The second-order valence-corrected chi connectivity index (χ2v) is 3.69. The summed E-state index contributed by atoms with van der Waals surface area (Å²) < 4.78 is 36.3. The number of amides is 1. The molecule has 0 radical (unpaired) electrons. The second kappa shape index (κ2) is 6.00. The number of aliphatic hydroxyl groups is 1. The number of aliphatic hydroxyl groups excluding tert-OH is 1. The van der Waals surface area contributed by atoms with Gasteiger partial charge in [-0.1, -0.05) is 12.2 Å². The van der Waals surface area contributed by atoms with Crippen molar-refractivity contribution in [2.24, 2.45) is 11.7 Å². The zero-order chi connectivity index (χ0) is 12.9. The quantitative estimate of drug-likeness (QED) is 0.696. The van der Waals surface area contributed by atoms with Gasteiger partial charge < -0.3 is 15.7 Å². The highest BCUT2D eigenvalue weighted by Gasteiger charge is 2.34. The number of nitrogens with two attached hydrogens (primary N) is 1. The first-order valence-corrected chi connectivity index (χ1v) is 4.85. The van der Waals surface area contributed by atoms with Gasteiger partial charge in [0.05, 0.1) is 17.5 Å². The monoisotopic (exact) mass is 258 g/mol. The molecular formula is C8H13F3N2O2S. The van der Waals surface area contributed by atoms with Crippen molar-refractivity contribution >= 4 is 23.1 Å². The number of rotatable bonds is 5. The van der Waals surface area contributed by atoms with E-state index in [0.717, 1.165) is 0 Å². The first-order valence-electron chi connectivity index (χ1n) is 4.44. The van der Waals surface area contributed by atoms with Crippen LogP contribution in [0.2, 0.25) is 0 Å². The average molecular weight is 258 g/mol. The summed E-state index contributed by atoms with van der Waals surface area (Å²) in [6, 6.07) is 0. The number of carbonyl (C=O) groups excluding carboxylic acids is 1. The molecule has 0 heterocycles. The zero-order valence-electron chi connectivity index (χ0n) is 8.62. The highest BCUT2D eigenvalue weighted by atomic mass is 32.1. The van der Waals surface area contributed by atoms with Gasteiger partial charge in [0.2, 0.25) is 5.91 Å². The van der Waals surface area contributed by atoms with E-state index in [1.165, 1.54) is 6.92 Å². The van der Waals surface area contributed by atoms with E-state index < -0.39 is 37.7 Å². The van der Waals surface area contributed by atoms with Crippen molar-refractivity contribution < 1.29 is 23.1 Å². The lowest BCUT2D eigenvalue weighted by Gasteiger charge is -2.25. The van der Waals surface area contributed by atoms with Gasteiger partial charge in [-0.05, 0) is 6.92 Å². The molecule has 0 aliphatic rings. The van der Waals surface area contributed by atoms with E-state index >= 15 is 0 Å². The van der Waals surface area contributed by atoms with E-state index in [1.807, 2.05) is 0 Å². The highest BCUT2D eigenvalue weighted by molar-refractivity contribution is 7.80. The summed E-state index contributed by atoms with van der Waals surface area (Å²) in [5.41, 5.74) is 5.17. The Balaban J connectivity index is 4.65. The molecule has 0 aliphatic heterocycles. The van der Waals surface area contributed by atoms with Gasteiger partial charge in [0.1, 0.15) is 6.54 Å². The van der Waals surface area contributed by atoms with E-state index in [0.29, 0.717) is 4.90 Å². The molecule has 1 atom stereocenters. The minimum Gasteiger partial charge on any atom is -0.395 e. The minimum atomic E-state index is -4.51. The normalized spacial score (nSPS) is 13.3. The Hall–Kier alpha value is -0.890. The lowest BCUT2D eigenvalue weighted by Crippen LogP contribution is -2.45. The molecule has 0 aromatic rings. The number of nitrogens with zero attached hydrogens (tertiary/aromatic N) is 1. The Morgan fingerprint density at radius 1 is 1.56 bits per heavy atom. The molecule has 0 saturated carbocycles. The van der Waals surface area contributed by atoms with Gasteiger partial charge in [-0.2, -0.15) is 13.2 Å². The van der Waals surface area contributed by atoms with Crippen molar-refractivity contribution in [2.45, 2.75) is 13.1 Å². The molecular weight excluding hydrogens is 245 g/mol. The second-order valence-electron chi connectivity index (χ2n) is 3.22. The van der Waals surface area contributed by atoms with E-state index in [1.54, 1.807) is 0 Å². The number of carbonyl (C=O) groups is 1. The van der Waals surface area contributed by atoms with Crippen LogP contribution in [0.3, 0.4) is 0 Å². The van der Waals surface area contributed by atoms with Crippen LogP contribution in [0.15, 0.2) is 0 Å². The van der Waals surface area contributed by atoms with Crippen molar-refractivity contribution in [2.75, 3.05) is 19.7 Å². The van der Waals surface area contributed by atoms with E-state index in [2.05, 4.69) is 12.2 Å². The summed E-state index contributed by atoms with van der Waals surface area (Å²) in [6.07, 6.45) is -4.51. The molecule has 94 valence electrons. The van der Waals surface area contributed by atoms with Crippen LogP contribution in [0.4, 0.5) is 13.2 Å². The van der Waals surface area contributed by atoms with E-state index in [9.17, 15) is 18.0 Å². The SMILES string of the molecule is CC(C(=O)N(CCO)CC(F)(F)F)C(N)=S. The molecule has 0 saturated heterocycles. The Morgan fingerprint density at radius 3 is 2.38 bits per heavy atom. The summed E-state index contributed by atoms with van der Waals surface area (Å²) in [7, 11) is 0. The smallest absolute Gasteiger partial charge is 0.395 e. The number of alkyl halides is 3. The third-order valence-electron chi connectivity index (χ3n) is 1.85. The summed E-state index contributed by atoms with van der Waals surface area (Å²) in [4.78, 5) is 11.8. The third kappa shape index (κ3) is 5.26. The van der Waals surface area contributed by atoms with Crippen molar-refractivity contribution in [3.8, 4) is 0 Å². The largest absolute Gasteiger partial charge is 0.406 e. The van der Waals surface area contributed by atoms with Crippen LogP contribution >= 0.6 is 12.2 Å². The first-order chi connectivity index (χ1) is 7.19. The fourth-order valence-corrected chi connectivity index (χ4v) is 1.10. The third-order valence-corrected chi connectivity index (χ3v) is 2.20. The molecule has 0 aromatic carbocycles. The topological polar surface area (TPSA) is 66.6 Å². The maximum absolute atomic E-state index is 12.1. The molecule has 0 bridgehead atoms. The Bertz CT molecular complexity index is 270. The molecule has 0 fully saturated rings.